The van der Waals surface area contributed by atoms with Crippen LogP contribution >= 0.6 is 0 Å². The summed E-state index contributed by atoms with van der Waals surface area (Å²) >= 11 is 0. The highest BCUT2D eigenvalue weighted by Crippen LogP contribution is 2.07. The number of aromatic nitrogens is 2. The van der Waals surface area contributed by atoms with E-state index >= 15 is 0 Å². The van der Waals surface area contributed by atoms with Crippen molar-refractivity contribution < 1.29 is 9.47 Å². The molecule has 0 radical (unpaired) electrons. The summed E-state index contributed by atoms with van der Waals surface area (Å²) in [4.78, 5) is 16.4. The van der Waals surface area contributed by atoms with E-state index in [4.69, 9.17) is 9.47 Å². The molecule has 1 atom stereocenters. The van der Waals surface area contributed by atoms with Crippen LogP contribution in [0.4, 0.5) is 0 Å². The Labute approximate surface area is 104 Å². The van der Waals surface area contributed by atoms with Gasteiger partial charge in [0, 0.05) is 12.4 Å². The highest BCUT2D eigenvalue weighted by molar-refractivity contribution is 5.76. The molecule has 0 aromatic carbocycles. The lowest BCUT2D eigenvalue weighted by molar-refractivity contribution is -0.0938. The number of pyridine rings is 2. The van der Waals surface area contributed by atoms with Gasteiger partial charge in [0.05, 0.1) is 43.4 Å². The maximum atomic E-state index is 12.2. The van der Waals surface area contributed by atoms with Crippen molar-refractivity contribution in [3.05, 3.63) is 40.9 Å². The average molecular weight is 246 g/mol. The molecule has 18 heavy (non-hydrogen) atoms. The second-order valence-corrected chi connectivity index (χ2v) is 4.28. The molecule has 1 aliphatic rings. The minimum atomic E-state index is -0.0504. The predicted molar refractivity (Wildman–Crippen MR) is 66.6 cm³/mol. The molecule has 94 valence electrons. The Morgan fingerprint density at radius 2 is 2.33 bits per heavy atom. The van der Waals surface area contributed by atoms with Crippen molar-refractivity contribution in [1.82, 2.24) is 9.55 Å². The van der Waals surface area contributed by atoms with Crippen LogP contribution in [0.1, 0.15) is 0 Å². The first-order valence-electron chi connectivity index (χ1n) is 5.98. The van der Waals surface area contributed by atoms with Crippen molar-refractivity contribution in [2.45, 2.75) is 12.6 Å². The first-order valence-corrected chi connectivity index (χ1v) is 5.98. The summed E-state index contributed by atoms with van der Waals surface area (Å²) in [6.45, 7) is 2.28. The number of rotatable bonds is 2. The van der Waals surface area contributed by atoms with E-state index in [1.54, 1.807) is 29.1 Å². The minimum absolute atomic E-state index is 0.0326. The fourth-order valence-electron chi connectivity index (χ4n) is 2.12. The number of ether oxygens (including phenoxy) is 2. The smallest absolute Gasteiger partial charge is 0.260 e. The highest BCUT2D eigenvalue weighted by Gasteiger charge is 2.15. The third-order valence-corrected chi connectivity index (χ3v) is 3.03. The van der Waals surface area contributed by atoms with Gasteiger partial charge in [0.15, 0.2) is 0 Å². The van der Waals surface area contributed by atoms with Crippen LogP contribution < -0.4 is 5.56 Å². The topological polar surface area (TPSA) is 53.4 Å². The maximum Gasteiger partial charge on any atom is 0.260 e. The molecule has 0 saturated carbocycles. The molecular weight excluding hydrogens is 232 g/mol. The van der Waals surface area contributed by atoms with Crippen LogP contribution in [0, 0.1) is 0 Å². The van der Waals surface area contributed by atoms with E-state index in [9.17, 15) is 4.79 Å². The van der Waals surface area contributed by atoms with Gasteiger partial charge in [0.2, 0.25) is 0 Å². The molecule has 0 aliphatic carbocycles. The summed E-state index contributed by atoms with van der Waals surface area (Å²) < 4.78 is 12.5. The van der Waals surface area contributed by atoms with E-state index in [1.807, 2.05) is 6.07 Å². The summed E-state index contributed by atoms with van der Waals surface area (Å²) in [5.74, 6) is 0. The summed E-state index contributed by atoms with van der Waals surface area (Å²) in [7, 11) is 0. The largest absolute Gasteiger partial charge is 0.376 e. The zero-order valence-corrected chi connectivity index (χ0v) is 9.91. The van der Waals surface area contributed by atoms with Gasteiger partial charge in [-0.2, -0.15) is 0 Å². The molecule has 5 nitrogen and oxygen atoms in total. The van der Waals surface area contributed by atoms with Crippen molar-refractivity contribution in [1.29, 1.82) is 0 Å². The van der Waals surface area contributed by atoms with E-state index in [0.717, 1.165) is 5.52 Å². The Morgan fingerprint density at radius 1 is 1.39 bits per heavy atom. The van der Waals surface area contributed by atoms with Gasteiger partial charge in [0.1, 0.15) is 0 Å². The summed E-state index contributed by atoms with van der Waals surface area (Å²) in [6, 6.07) is 5.41. The van der Waals surface area contributed by atoms with Gasteiger partial charge in [-0.25, -0.2) is 0 Å². The van der Waals surface area contributed by atoms with Crippen LogP contribution in [0.3, 0.4) is 0 Å². The first kappa shape index (κ1) is 11.4. The molecule has 2 aromatic heterocycles. The summed E-state index contributed by atoms with van der Waals surface area (Å²) in [6.07, 6.45) is 3.39. The van der Waals surface area contributed by atoms with Gasteiger partial charge in [-0.15, -0.1) is 0 Å². The Balaban J connectivity index is 1.92. The molecular formula is C13H14N2O3. The second-order valence-electron chi connectivity index (χ2n) is 4.28. The van der Waals surface area contributed by atoms with Crippen molar-refractivity contribution in [2.24, 2.45) is 0 Å². The fourth-order valence-corrected chi connectivity index (χ4v) is 2.12. The van der Waals surface area contributed by atoms with Crippen molar-refractivity contribution >= 4 is 10.9 Å². The lowest BCUT2D eigenvalue weighted by Crippen LogP contribution is -2.35. The van der Waals surface area contributed by atoms with E-state index < -0.39 is 0 Å². The van der Waals surface area contributed by atoms with Crippen molar-refractivity contribution in [3.8, 4) is 0 Å². The molecule has 0 amide bonds. The Kier molecular flexibility index (Phi) is 3.08. The van der Waals surface area contributed by atoms with Gasteiger partial charge in [0.25, 0.3) is 5.56 Å². The molecule has 2 aromatic rings. The molecule has 1 saturated heterocycles. The molecule has 0 bridgehead atoms. The third kappa shape index (κ3) is 2.14. The zero-order chi connectivity index (χ0) is 12.4. The van der Waals surface area contributed by atoms with Gasteiger partial charge >= 0.3 is 0 Å². The lowest BCUT2D eigenvalue weighted by atomic mass is 10.2. The standard InChI is InChI=1S/C13H14N2O3/c16-13-11-2-1-4-14-12(11)3-5-15(13)8-10-9-17-6-7-18-10/h1-5,10H,6-9H2/t10-/m1/s1. The monoisotopic (exact) mass is 246 g/mol. The molecule has 3 rings (SSSR count). The first-order chi connectivity index (χ1) is 8.84. The van der Waals surface area contributed by atoms with Crippen LogP contribution in [-0.2, 0) is 16.0 Å². The lowest BCUT2D eigenvalue weighted by Gasteiger charge is -2.23. The van der Waals surface area contributed by atoms with Gasteiger partial charge < -0.3 is 14.0 Å². The molecule has 0 spiro atoms. The van der Waals surface area contributed by atoms with Crippen LogP contribution in [-0.4, -0.2) is 35.5 Å². The Hall–Kier alpha value is -1.72. The van der Waals surface area contributed by atoms with Gasteiger partial charge in [-0.1, -0.05) is 0 Å². The van der Waals surface area contributed by atoms with E-state index in [1.165, 1.54) is 0 Å². The van der Waals surface area contributed by atoms with E-state index in [2.05, 4.69) is 4.98 Å². The van der Waals surface area contributed by atoms with Crippen LogP contribution in [0.2, 0.25) is 0 Å². The molecule has 1 fully saturated rings. The number of hydrogen-bond donors (Lipinski definition) is 0. The van der Waals surface area contributed by atoms with Crippen molar-refractivity contribution in [3.63, 3.8) is 0 Å². The number of nitrogens with zero attached hydrogens (tertiary/aromatic N) is 2. The van der Waals surface area contributed by atoms with E-state index in [-0.39, 0.29) is 11.7 Å². The fraction of sp³-hybridized carbons (Fsp3) is 0.385. The molecule has 0 N–H and O–H groups in total. The Morgan fingerprint density at radius 3 is 3.17 bits per heavy atom. The normalized spacial score (nSPS) is 20.1. The molecule has 5 heteroatoms. The van der Waals surface area contributed by atoms with Crippen molar-refractivity contribution in [2.75, 3.05) is 19.8 Å². The SMILES string of the molecule is O=c1c2cccnc2ccn1C[C@@H]1COCCO1. The number of fused-ring (bicyclic) bond motifs is 1. The second kappa shape index (κ2) is 4.88. The van der Waals surface area contributed by atoms with Gasteiger partial charge in [-0.05, 0) is 18.2 Å². The summed E-state index contributed by atoms with van der Waals surface area (Å²) in [5.41, 5.74) is 0.689. The molecule has 3 heterocycles. The molecule has 0 unspecified atom stereocenters. The zero-order valence-electron chi connectivity index (χ0n) is 9.91. The third-order valence-electron chi connectivity index (χ3n) is 3.03. The van der Waals surface area contributed by atoms with Crippen LogP contribution in [0.5, 0.6) is 0 Å². The van der Waals surface area contributed by atoms with E-state index in [0.29, 0.717) is 31.8 Å². The quantitative estimate of drug-likeness (QED) is 0.787. The molecule has 1 aliphatic heterocycles. The van der Waals surface area contributed by atoms with Crippen LogP contribution in [0.15, 0.2) is 35.4 Å². The minimum Gasteiger partial charge on any atom is -0.376 e. The Bertz CT molecular complexity index is 602. The van der Waals surface area contributed by atoms with Gasteiger partial charge in [-0.3, -0.25) is 9.78 Å². The highest BCUT2D eigenvalue weighted by atomic mass is 16.6. The summed E-state index contributed by atoms with van der Waals surface area (Å²) in [5, 5.41) is 0.636. The van der Waals surface area contributed by atoms with Crippen LogP contribution in [0.25, 0.3) is 10.9 Å². The predicted octanol–water partition coefficient (Wildman–Crippen LogP) is 0.812. The average Bonchev–Trinajstić information content (AvgIpc) is 2.43. The number of hydrogen-bond acceptors (Lipinski definition) is 4. The maximum absolute atomic E-state index is 12.2.